The fourth-order valence-electron chi connectivity index (χ4n) is 1.89. The quantitative estimate of drug-likeness (QED) is 0.893. The van der Waals surface area contributed by atoms with Gasteiger partial charge in [0.25, 0.3) is 0 Å². The molecule has 1 N–H and O–H groups in total. The molecule has 0 amide bonds. The van der Waals surface area contributed by atoms with Crippen LogP contribution in [-0.2, 0) is 16.6 Å². The summed E-state index contributed by atoms with van der Waals surface area (Å²) in [6.07, 6.45) is 0.516. The lowest BCUT2D eigenvalue weighted by Crippen LogP contribution is -2.25. The van der Waals surface area contributed by atoms with E-state index in [1.165, 1.54) is 10.4 Å². The summed E-state index contributed by atoms with van der Waals surface area (Å²) in [5.41, 5.74) is 0.0309. The van der Waals surface area contributed by atoms with Gasteiger partial charge in [-0.15, -0.1) is 0 Å². The smallest absolute Gasteiger partial charge is 0.335 e. The van der Waals surface area contributed by atoms with Crippen LogP contribution in [0.3, 0.4) is 0 Å². The van der Waals surface area contributed by atoms with Crippen LogP contribution in [0.25, 0.3) is 0 Å². The molecular weight excluding hydrogens is 261 g/mol. The normalized spacial score (nSPS) is 18.9. The summed E-state index contributed by atoms with van der Waals surface area (Å²) in [5.74, 6) is -1.70. The third-order valence-corrected chi connectivity index (χ3v) is 4.75. The molecular formula is C11H12FNO4S. The molecule has 1 aliphatic heterocycles. The minimum atomic E-state index is -3.32. The summed E-state index contributed by atoms with van der Waals surface area (Å²) in [5, 5.41) is 8.81. The highest BCUT2D eigenvalue weighted by Crippen LogP contribution is 2.20. The highest BCUT2D eigenvalue weighted by Gasteiger charge is 2.28. The van der Waals surface area contributed by atoms with Crippen molar-refractivity contribution in [2.45, 2.75) is 13.0 Å². The number of aromatic carboxylic acids is 1. The first-order valence-corrected chi connectivity index (χ1v) is 7.00. The predicted molar refractivity (Wildman–Crippen MR) is 62.2 cm³/mol. The Hall–Kier alpha value is -1.47. The fraction of sp³-hybridized carbons (Fsp3) is 0.364. The number of hydrogen-bond acceptors (Lipinski definition) is 3. The monoisotopic (exact) mass is 273 g/mol. The number of rotatable bonds is 3. The van der Waals surface area contributed by atoms with Gasteiger partial charge in [0.15, 0.2) is 0 Å². The van der Waals surface area contributed by atoms with Crippen molar-refractivity contribution in [1.29, 1.82) is 0 Å². The molecule has 1 heterocycles. The molecule has 1 aromatic carbocycles. The second-order valence-electron chi connectivity index (χ2n) is 4.11. The van der Waals surface area contributed by atoms with Crippen LogP contribution in [0, 0.1) is 5.82 Å². The van der Waals surface area contributed by atoms with E-state index in [2.05, 4.69) is 0 Å². The van der Waals surface area contributed by atoms with Crippen molar-refractivity contribution < 1.29 is 22.7 Å². The maximum Gasteiger partial charge on any atom is 0.335 e. The lowest BCUT2D eigenvalue weighted by atomic mass is 10.1. The number of hydrogen-bond donors (Lipinski definition) is 1. The SMILES string of the molecule is O=C(O)c1ccc(F)c(CN2CCCS2(=O)=O)c1. The van der Waals surface area contributed by atoms with Crippen molar-refractivity contribution in [3.8, 4) is 0 Å². The summed E-state index contributed by atoms with van der Waals surface area (Å²) in [4.78, 5) is 10.8. The van der Waals surface area contributed by atoms with E-state index in [9.17, 15) is 17.6 Å². The maximum absolute atomic E-state index is 13.5. The van der Waals surface area contributed by atoms with Crippen LogP contribution in [0.15, 0.2) is 18.2 Å². The standard InChI is InChI=1S/C11H12FNO4S/c12-10-3-2-8(11(14)15)6-9(10)7-13-4-1-5-18(13,16)17/h2-3,6H,1,4-5,7H2,(H,14,15). The van der Waals surface area contributed by atoms with Crippen LogP contribution >= 0.6 is 0 Å². The number of carboxylic acids is 1. The zero-order valence-electron chi connectivity index (χ0n) is 9.47. The second kappa shape index (κ2) is 4.66. The van der Waals surface area contributed by atoms with Crippen LogP contribution in [0.5, 0.6) is 0 Å². The molecule has 1 fully saturated rings. The van der Waals surface area contributed by atoms with Gasteiger partial charge in [-0.25, -0.2) is 17.6 Å². The van der Waals surface area contributed by atoms with E-state index in [1.807, 2.05) is 0 Å². The summed E-state index contributed by atoms with van der Waals surface area (Å²) in [7, 11) is -3.32. The lowest BCUT2D eigenvalue weighted by molar-refractivity contribution is 0.0696. The number of carbonyl (C=O) groups is 1. The number of sulfonamides is 1. The highest BCUT2D eigenvalue weighted by molar-refractivity contribution is 7.89. The van der Waals surface area contributed by atoms with Crippen molar-refractivity contribution in [3.05, 3.63) is 35.1 Å². The van der Waals surface area contributed by atoms with E-state index in [0.717, 1.165) is 12.1 Å². The summed E-state index contributed by atoms with van der Waals surface area (Å²) in [6.45, 7) is 0.231. The van der Waals surface area contributed by atoms with Crippen LogP contribution in [0.2, 0.25) is 0 Å². The third-order valence-electron chi connectivity index (χ3n) is 2.84. The van der Waals surface area contributed by atoms with Gasteiger partial charge >= 0.3 is 5.97 Å². The zero-order chi connectivity index (χ0) is 13.3. The first-order valence-electron chi connectivity index (χ1n) is 5.40. The molecule has 18 heavy (non-hydrogen) atoms. The largest absolute Gasteiger partial charge is 0.478 e. The third kappa shape index (κ3) is 2.51. The van der Waals surface area contributed by atoms with Crippen LogP contribution in [-0.4, -0.2) is 36.1 Å². The van der Waals surface area contributed by atoms with Gasteiger partial charge in [-0.2, -0.15) is 4.31 Å². The Morgan fingerprint density at radius 2 is 2.17 bits per heavy atom. The summed E-state index contributed by atoms with van der Waals surface area (Å²) >= 11 is 0. The Morgan fingerprint density at radius 1 is 1.44 bits per heavy atom. The van der Waals surface area contributed by atoms with Crippen molar-refractivity contribution in [2.75, 3.05) is 12.3 Å². The van der Waals surface area contributed by atoms with E-state index >= 15 is 0 Å². The Bertz CT molecular complexity index is 585. The van der Waals surface area contributed by atoms with E-state index in [4.69, 9.17) is 5.11 Å². The van der Waals surface area contributed by atoms with Crippen LogP contribution in [0.4, 0.5) is 4.39 Å². The Kier molecular flexibility index (Phi) is 3.36. The van der Waals surface area contributed by atoms with Crippen molar-refractivity contribution in [1.82, 2.24) is 4.31 Å². The molecule has 0 unspecified atom stereocenters. The van der Waals surface area contributed by atoms with Gasteiger partial charge in [0, 0.05) is 18.7 Å². The molecule has 1 aromatic rings. The molecule has 1 aliphatic rings. The van der Waals surface area contributed by atoms with Gasteiger partial charge in [0.2, 0.25) is 10.0 Å². The van der Waals surface area contributed by atoms with Gasteiger partial charge in [0.1, 0.15) is 5.82 Å². The first-order chi connectivity index (χ1) is 8.40. The average molecular weight is 273 g/mol. The van der Waals surface area contributed by atoms with Crippen molar-refractivity contribution >= 4 is 16.0 Å². The Labute approximate surface area is 104 Å². The Morgan fingerprint density at radius 3 is 2.72 bits per heavy atom. The molecule has 0 spiro atoms. The van der Waals surface area contributed by atoms with Crippen LogP contribution < -0.4 is 0 Å². The van der Waals surface area contributed by atoms with E-state index in [-0.39, 0.29) is 23.4 Å². The average Bonchev–Trinajstić information content (AvgIpc) is 2.61. The molecule has 0 bridgehead atoms. The van der Waals surface area contributed by atoms with Gasteiger partial charge in [0.05, 0.1) is 11.3 Å². The first kappa shape index (κ1) is 13.0. The highest BCUT2D eigenvalue weighted by atomic mass is 32.2. The van der Waals surface area contributed by atoms with Gasteiger partial charge in [-0.3, -0.25) is 0 Å². The molecule has 0 aliphatic carbocycles. The Balaban J connectivity index is 2.29. The summed E-state index contributed by atoms with van der Waals surface area (Å²) < 4.78 is 37.9. The van der Waals surface area contributed by atoms with Gasteiger partial charge in [-0.1, -0.05) is 0 Å². The second-order valence-corrected chi connectivity index (χ2v) is 6.20. The molecule has 2 rings (SSSR count). The molecule has 1 saturated heterocycles. The molecule has 0 saturated carbocycles. The predicted octanol–water partition coefficient (Wildman–Crippen LogP) is 1.06. The number of carboxylic acid groups (broad SMARTS) is 1. The molecule has 7 heteroatoms. The minimum Gasteiger partial charge on any atom is -0.478 e. The summed E-state index contributed by atoms with van der Waals surface area (Å²) in [6, 6.07) is 3.37. The minimum absolute atomic E-state index is 0.0528. The number of benzene rings is 1. The van der Waals surface area contributed by atoms with E-state index in [0.29, 0.717) is 13.0 Å². The molecule has 5 nitrogen and oxygen atoms in total. The van der Waals surface area contributed by atoms with E-state index < -0.39 is 21.8 Å². The van der Waals surface area contributed by atoms with Crippen molar-refractivity contribution in [3.63, 3.8) is 0 Å². The number of nitrogens with zero attached hydrogens (tertiary/aromatic N) is 1. The van der Waals surface area contributed by atoms with Crippen molar-refractivity contribution in [2.24, 2.45) is 0 Å². The molecule has 0 atom stereocenters. The molecule has 0 radical (unpaired) electrons. The maximum atomic E-state index is 13.5. The lowest BCUT2D eigenvalue weighted by Gasteiger charge is -2.15. The van der Waals surface area contributed by atoms with Crippen LogP contribution in [0.1, 0.15) is 22.3 Å². The topological polar surface area (TPSA) is 74.7 Å². The van der Waals surface area contributed by atoms with Gasteiger partial charge < -0.3 is 5.11 Å². The van der Waals surface area contributed by atoms with E-state index in [1.54, 1.807) is 0 Å². The molecule has 98 valence electrons. The fourth-order valence-corrected chi connectivity index (χ4v) is 3.38. The number of halogens is 1. The van der Waals surface area contributed by atoms with Gasteiger partial charge in [-0.05, 0) is 24.6 Å². The molecule has 0 aromatic heterocycles. The zero-order valence-corrected chi connectivity index (χ0v) is 10.3.